The summed E-state index contributed by atoms with van der Waals surface area (Å²) in [4.78, 5) is 20.9. The van der Waals surface area contributed by atoms with E-state index in [-0.39, 0.29) is 11.9 Å². The fourth-order valence-electron chi connectivity index (χ4n) is 4.57. The van der Waals surface area contributed by atoms with Gasteiger partial charge in [0.2, 0.25) is 11.9 Å². The summed E-state index contributed by atoms with van der Waals surface area (Å²) in [6, 6.07) is 10.5. The van der Waals surface area contributed by atoms with E-state index in [0.29, 0.717) is 35.5 Å². The molecule has 0 spiro atoms. The summed E-state index contributed by atoms with van der Waals surface area (Å²) in [6.07, 6.45) is 4.85. The van der Waals surface area contributed by atoms with E-state index in [9.17, 15) is 10.1 Å². The topological polar surface area (TPSA) is 134 Å². The number of anilines is 1. The minimum atomic E-state index is -0.508. The zero-order valence-corrected chi connectivity index (χ0v) is 22.2. The van der Waals surface area contributed by atoms with Crippen molar-refractivity contribution in [3.05, 3.63) is 40.1 Å². The molecule has 2 atom stereocenters. The van der Waals surface area contributed by atoms with Gasteiger partial charge in [0, 0.05) is 31.3 Å². The van der Waals surface area contributed by atoms with Crippen molar-refractivity contribution in [1.82, 2.24) is 35.3 Å². The number of hydrogen-bond donors (Lipinski definition) is 2. The number of nitrogens with zero attached hydrogens (tertiary/aromatic N) is 7. The zero-order valence-electron chi connectivity index (χ0n) is 19.8. The van der Waals surface area contributed by atoms with Crippen molar-refractivity contribution in [3.63, 3.8) is 0 Å². The van der Waals surface area contributed by atoms with Crippen LogP contribution in [-0.4, -0.2) is 48.9 Å². The molecule has 1 amide bonds. The fraction of sp³-hybridized carbons (Fsp3) is 0.375. The maximum absolute atomic E-state index is 11.7. The lowest BCUT2D eigenvalue weighted by Crippen LogP contribution is -2.24. The lowest BCUT2D eigenvalue weighted by atomic mass is 9.83. The number of rotatable bonds is 7. The van der Waals surface area contributed by atoms with Gasteiger partial charge >= 0.3 is 0 Å². The second kappa shape index (κ2) is 9.91. The molecule has 0 bridgehead atoms. The summed E-state index contributed by atoms with van der Waals surface area (Å²) >= 11 is 5.08. The molecule has 0 aliphatic heterocycles. The number of fused-ring (bicyclic) bond motifs is 1. The first-order valence-electron chi connectivity index (χ1n) is 11.6. The van der Waals surface area contributed by atoms with E-state index in [2.05, 4.69) is 52.9 Å². The van der Waals surface area contributed by atoms with Gasteiger partial charge in [0.15, 0.2) is 5.65 Å². The standard InChI is InChI=1S/C24H24BrN9OS/c1-14-31-32-22(36-14)15-3-5-17(6-4-15)34-21-18(20(25)33-34)12-28-23(30-21)29-16-7-9-24(11-16,13-26)10-8-19(35)27-2/h3-6,12,16H,7-11H2,1-2H3,(H,27,35)(H,28,29,30)/t16-,24?/m1/s1. The first-order valence-corrected chi connectivity index (χ1v) is 13.2. The fourth-order valence-corrected chi connectivity index (χ4v) is 5.71. The molecule has 1 aromatic carbocycles. The van der Waals surface area contributed by atoms with Crippen molar-refractivity contribution in [2.24, 2.45) is 5.41 Å². The van der Waals surface area contributed by atoms with Gasteiger partial charge in [0.05, 0.1) is 22.6 Å². The highest BCUT2D eigenvalue weighted by atomic mass is 79.9. The van der Waals surface area contributed by atoms with E-state index in [1.807, 2.05) is 31.2 Å². The largest absolute Gasteiger partial charge is 0.359 e. The predicted molar refractivity (Wildman–Crippen MR) is 141 cm³/mol. The van der Waals surface area contributed by atoms with E-state index in [4.69, 9.17) is 4.98 Å². The molecule has 2 N–H and O–H groups in total. The summed E-state index contributed by atoms with van der Waals surface area (Å²) in [5.74, 6) is 0.447. The molecule has 4 aromatic rings. The summed E-state index contributed by atoms with van der Waals surface area (Å²) in [5, 5.41) is 31.4. The minimum absolute atomic E-state index is 0.0416. The van der Waals surface area contributed by atoms with Gasteiger partial charge in [-0.25, -0.2) is 9.67 Å². The molecule has 1 unspecified atom stereocenters. The number of carbonyl (C=O) groups is 1. The second-order valence-electron chi connectivity index (χ2n) is 8.96. The van der Waals surface area contributed by atoms with Crippen LogP contribution in [0.4, 0.5) is 5.95 Å². The van der Waals surface area contributed by atoms with Crippen LogP contribution in [0.5, 0.6) is 0 Å². The maximum Gasteiger partial charge on any atom is 0.224 e. The van der Waals surface area contributed by atoms with Crippen LogP contribution >= 0.6 is 27.3 Å². The molecule has 184 valence electrons. The second-order valence-corrected chi connectivity index (χ2v) is 10.9. The number of amides is 1. The monoisotopic (exact) mass is 565 g/mol. The van der Waals surface area contributed by atoms with Crippen molar-refractivity contribution in [2.75, 3.05) is 12.4 Å². The third kappa shape index (κ3) is 4.81. The number of hydrogen-bond acceptors (Lipinski definition) is 9. The number of aromatic nitrogens is 6. The molecule has 1 aliphatic rings. The minimum Gasteiger partial charge on any atom is -0.359 e. The zero-order chi connectivity index (χ0) is 25.3. The number of carbonyl (C=O) groups excluding carboxylic acids is 1. The molecule has 0 saturated heterocycles. The van der Waals surface area contributed by atoms with Crippen LogP contribution in [0, 0.1) is 23.7 Å². The Morgan fingerprint density at radius 3 is 2.83 bits per heavy atom. The van der Waals surface area contributed by atoms with Gasteiger partial charge in [-0.2, -0.15) is 15.3 Å². The molecule has 1 saturated carbocycles. The van der Waals surface area contributed by atoms with Crippen LogP contribution < -0.4 is 10.6 Å². The summed E-state index contributed by atoms with van der Waals surface area (Å²) < 4.78 is 2.44. The molecule has 1 aliphatic carbocycles. The lowest BCUT2D eigenvalue weighted by Gasteiger charge is -2.20. The molecular formula is C24H24BrN9OS. The van der Waals surface area contributed by atoms with Gasteiger partial charge in [-0.1, -0.05) is 11.3 Å². The first-order chi connectivity index (χ1) is 17.4. The summed E-state index contributed by atoms with van der Waals surface area (Å²) in [5.41, 5.74) is 2.02. The lowest BCUT2D eigenvalue weighted by molar-refractivity contribution is -0.121. The van der Waals surface area contributed by atoms with E-state index >= 15 is 0 Å². The van der Waals surface area contributed by atoms with Gasteiger partial charge in [0.25, 0.3) is 0 Å². The summed E-state index contributed by atoms with van der Waals surface area (Å²) in [7, 11) is 1.62. The number of halogens is 1. The molecule has 3 heterocycles. The third-order valence-electron chi connectivity index (χ3n) is 6.55. The van der Waals surface area contributed by atoms with Crippen molar-refractivity contribution in [3.8, 4) is 22.3 Å². The van der Waals surface area contributed by atoms with E-state index in [1.165, 1.54) is 0 Å². The number of nitrogens with one attached hydrogen (secondary N) is 2. The van der Waals surface area contributed by atoms with Crippen LogP contribution in [0.1, 0.15) is 37.1 Å². The quantitative estimate of drug-likeness (QED) is 0.336. The molecule has 10 nitrogen and oxygen atoms in total. The van der Waals surface area contributed by atoms with Gasteiger partial charge in [0.1, 0.15) is 14.6 Å². The Bertz CT molecular complexity index is 1460. The Morgan fingerprint density at radius 1 is 1.33 bits per heavy atom. The highest BCUT2D eigenvalue weighted by molar-refractivity contribution is 9.10. The van der Waals surface area contributed by atoms with Crippen LogP contribution in [0.15, 0.2) is 35.1 Å². The van der Waals surface area contributed by atoms with Crippen LogP contribution in [0.2, 0.25) is 0 Å². The molecule has 1 fully saturated rings. The number of benzene rings is 1. The number of nitriles is 1. The average Bonchev–Trinajstić information content (AvgIpc) is 3.60. The van der Waals surface area contributed by atoms with Crippen molar-refractivity contribution in [2.45, 2.75) is 45.1 Å². The molecule has 0 radical (unpaired) electrons. The molecule has 3 aromatic heterocycles. The summed E-state index contributed by atoms with van der Waals surface area (Å²) in [6.45, 7) is 1.94. The van der Waals surface area contributed by atoms with Gasteiger partial charge in [-0.3, -0.25) is 4.79 Å². The maximum atomic E-state index is 11.7. The Balaban J connectivity index is 1.36. The molecular weight excluding hydrogens is 542 g/mol. The molecule has 5 rings (SSSR count). The van der Waals surface area contributed by atoms with Gasteiger partial charge in [-0.05, 0) is 72.8 Å². The molecule has 12 heteroatoms. The Kier molecular flexibility index (Phi) is 6.68. The van der Waals surface area contributed by atoms with Crippen molar-refractivity contribution < 1.29 is 4.79 Å². The average molecular weight is 566 g/mol. The highest BCUT2D eigenvalue weighted by Gasteiger charge is 2.39. The van der Waals surface area contributed by atoms with Gasteiger partial charge < -0.3 is 10.6 Å². The van der Waals surface area contributed by atoms with Crippen molar-refractivity contribution in [1.29, 1.82) is 5.26 Å². The van der Waals surface area contributed by atoms with E-state index in [0.717, 1.165) is 39.5 Å². The highest BCUT2D eigenvalue weighted by Crippen LogP contribution is 2.42. The molecule has 36 heavy (non-hydrogen) atoms. The number of aryl methyl sites for hydroxylation is 1. The van der Waals surface area contributed by atoms with Crippen LogP contribution in [0.25, 0.3) is 27.3 Å². The smallest absolute Gasteiger partial charge is 0.224 e. The van der Waals surface area contributed by atoms with Crippen molar-refractivity contribution >= 4 is 50.2 Å². The predicted octanol–water partition coefficient (Wildman–Crippen LogP) is 4.41. The Morgan fingerprint density at radius 2 is 2.14 bits per heavy atom. The first kappa shape index (κ1) is 24.3. The van der Waals surface area contributed by atoms with E-state index in [1.54, 1.807) is 29.3 Å². The normalized spacial score (nSPS) is 19.3. The van der Waals surface area contributed by atoms with Gasteiger partial charge in [-0.15, -0.1) is 10.2 Å². The Hall–Kier alpha value is -3.43. The van der Waals surface area contributed by atoms with Crippen LogP contribution in [-0.2, 0) is 4.79 Å². The SMILES string of the molecule is CNC(=O)CCC1(C#N)CC[C@@H](Nc2ncc3c(Br)nn(-c4ccc(-c5nnc(C)s5)cc4)c3n2)C1. The third-order valence-corrected chi connectivity index (χ3v) is 8.03. The van der Waals surface area contributed by atoms with E-state index < -0.39 is 5.41 Å². The Labute approximate surface area is 220 Å². The van der Waals surface area contributed by atoms with Crippen LogP contribution in [0.3, 0.4) is 0 Å².